The van der Waals surface area contributed by atoms with Gasteiger partial charge in [-0.1, -0.05) is 29.8 Å². The maximum absolute atomic E-state index is 13.1. The Morgan fingerprint density at radius 2 is 1.89 bits per heavy atom. The van der Waals surface area contributed by atoms with E-state index in [2.05, 4.69) is 10.3 Å². The van der Waals surface area contributed by atoms with Crippen LogP contribution >= 0.6 is 11.6 Å². The summed E-state index contributed by atoms with van der Waals surface area (Å²) in [5.74, 6) is -1.73. The number of aromatic nitrogens is 1. The lowest BCUT2D eigenvalue weighted by Gasteiger charge is -2.16. The molecule has 144 valence electrons. The lowest BCUT2D eigenvalue weighted by atomic mass is 10.0. The highest BCUT2D eigenvalue weighted by atomic mass is 35.5. The predicted molar refractivity (Wildman–Crippen MR) is 106 cm³/mol. The van der Waals surface area contributed by atoms with Gasteiger partial charge in [0, 0.05) is 5.39 Å². The van der Waals surface area contributed by atoms with Crippen LogP contribution in [0.3, 0.4) is 0 Å². The quantitative estimate of drug-likeness (QED) is 0.637. The fourth-order valence-corrected chi connectivity index (χ4v) is 3.14. The molecule has 0 aliphatic carbocycles. The molecule has 0 aliphatic rings. The SMILES string of the molecule is Cc1nc2ccccc2c(C)c1C(=O)O[C@H](C)C(=O)Nc1ccc(F)cc1Cl. The van der Waals surface area contributed by atoms with Gasteiger partial charge in [-0.25, -0.2) is 9.18 Å². The first kappa shape index (κ1) is 19.8. The summed E-state index contributed by atoms with van der Waals surface area (Å²) in [6.07, 6.45) is -1.08. The number of rotatable bonds is 4. The molecule has 5 nitrogen and oxygen atoms in total. The molecule has 0 saturated carbocycles. The normalized spacial score (nSPS) is 11.9. The number of benzene rings is 2. The molecule has 3 aromatic rings. The highest BCUT2D eigenvalue weighted by Crippen LogP contribution is 2.25. The van der Waals surface area contributed by atoms with Crippen LogP contribution in [-0.2, 0) is 9.53 Å². The molecule has 0 spiro atoms. The molecule has 1 heterocycles. The van der Waals surface area contributed by atoms with E-state index in [1.807, 2.05) is 31.2 Å². The molecule has 7 heteroatoms. The highest BCUT2D eigenvalue weighted by molar-refractivity contribution is 6.33. The minimum Gasteiger partial charge on any atom is -0.449 e. The summed E-state index contributed by atoms with van der Waals surface area (Å²) in [4.78, 5) is 29.5. The molecule has 1 amide bonds. The lowest BCUT2D eigenvalue weighted by molar-refractivity contribution is -0.123. The molecule has 3 rings (SSSR count). The maximum atomic E-state index is 13.1. The van der Waals surface area contributed by atoms with Crippen LogP contribution < -0.4 is 5.32 Å². The van der Waals surface area contributed by atoms with Gasteiger partial charge in [0.25, 0.3) is 5.91 Å². The van der Waals surface area contributed by atoms with Crippen LogP contribution in [0.25, 0.3) is 10.9 Å². The van der Waals surface area contributed by atoms with Gasteiger partial charge < -0.3 is 10.1 Å². The summed E-state index contributed by atoms with van der Waals surface area (Å²) in [6.45, 7) is 4.99. The monoisotopic (exact) mass is 400 g/mol. The molecule has 1 N–H and O–H groups in total. The third-order valence-corrected chi connectivity index (χ3v) is 4.69. The third kappa shape index (κ3) is 3.97. The second-order valence-electron chi connectivity index (χ2n) is 6.38. The van der Waals surface area contributed by atoms with Crippen LogP contribution in [-0.4, -0.2) is 23.0 Å². The summed E-state index contributed by atoms with van der Waals surface area (Å²) in [6, 6.07) is 11.1. The third-order valence-electron chi connectivity index (χ3n) is 4.38. The molecular weight excluding hydrogens is 383 g/mol. The van der Waals surface area contributed by atoms with Gasteiger partial charge in [0.15, 0.2) is 6.10 Å². The minimum absolute atomic E-state index is 0.0531. The van der Waals surface area contributed by atoms with E-state index in [1.165, 1.54) is 19.1 Å². The van der Waals surface area contributed by atoms with Crippen molar-refractivity contribution >= 4 is 40.1 Å². The zero-order chi connectivity index (χ0) is 20.4. The number of carbonyl (C=O) groups is 2. The number of nitrogens with zero attached hydrogens (tertiary/aromatic N) is 1. The van der Waals surface area contributed by atoms with Crippen molar-refractivity contribution in [3.05, 3.63) is 70.1 Å². The van der Waals surface area contributed by atoms with Crippen LogP contribution in [0.5, 0.6) is 0 Å². The lowest BCUT2D eigenvalue weighted by Crippen LogP contribution is -2.30. The topological polar surface area (TPSA) is 68.3 Å². The van der Waals surface area contributed by atoms with Crippen molar-refractivity contribution in [2.45, 2.75) is 26.9 Å². The Morgan fingerprint density at radius 3 is 2.61 bits per heavy atom. The average Bonchev–Trinajstić information content (AvgIpc) is 2.63. The molecule has 28 heavy (non-hydrogen) atoms. The number of amides is 1. The van der Waals surface area contributed by atoms with Gasteiger partial charge in [0.05, 0.1) is 27.5 Å². The van der Waals surface area contributed by atoms with Crippen molar-refractivity contribution in [3.63, 3.8) is 0 Å². The van der Waals surface area contributed by atoms with Crippen LogP contribution in [0.15, 0.2) is 42.5 Å². The number of para-hydroxylation sites is 1. The largest absolute Gasteiger partial charge is 0.449 e. The first-order valence-corrected chi connectivity index (χ1v) is 8.98. The fraction of sp³-hybridized carbons (Fsp3) is 0.190. The van der Waals surface area contributed by atoms with Crippen LogP contribution in [0.1, 0.15) is 28.5 Å². The number of hydrogen-bond donors (Lipinski definition) is 1. The second-order valence-corrected chi connectivity index (χ2v) is 6.78. The van der Waals surface area contributed by atoms with E-state index in [1.54, 1.807) is 6.92 Å². The average molecular weight is 401 g/mol. The number of pyridine rings is 1. The minimum atomic E-state index is -1.08. The van der Waals surface area contributed by atoms with E-state index >= 15 is 0 Å². The first-order valence-electron chi connectivity index (χ1n) is 8.60. The molecule has 1 aromatic heterocycles. The smallest absolute Gasteiger partial charge is 0.341 e. The van der Waals surface area contributed by atoms with Crippen LogP contribution in [0.2, 0.25) is 5.02 Å². The molecule has 0 unspecified atom stereocenters. The number of ether oxygens (including phenoxy) is 1. The van der Waals surface area contributed by atoms with E-state index in [4.69, 9.17) is 16.3 Å². The van der Waals surface area contributed by atoms with E-state index in [-0.39, 0.29) is 10.7 Å². The summed E-state index contributed by atoms with van der Waals surface area (Å²) >= 11 is 5.91. The van der Waals surface area contributed by atoms with E-state index in [0.29, 0.717) is 11.3 Å². The Bertz CT molecular complexity index is 1080. The molecule has 0 fully saturated rings. The number of fused-ring (bicyclic) bond motifs is 1. The van der Waals surface area contributed by atoms with Crippen LogP contribution in [0.4, 0.5) is 10.1 Å². The summed E-state index contributed by atoms with van der Waals surface area (Å²) in [5, 5.41) is 3.42. The van der Waals surface area contributed by atoms with Crippen LogP contribution in [0, 0.1) is 19.7 Å². The van der Waals surface area contributed by atoms with Gasteiger partial charge in [-0.05, 0) is 50.6 Å². The number of hydrogen-bond acceptors (Lipinski definition) is 4. The maximum Gasteiger partial charge on any atom is 0.341 e. The number of anilines is 1. The summed E-state index contributed by atoms with van der Waals surface area (Å²) in [5.41, 5.74) is 2.61. The number of halogens is 2. The van der Waals surface area contributed by atoms with Gasteiger partial charge in [0.1, 0.15) is 5.82 Å². The van der Waals surface area contributed by atoms with Gasteiger partial charge in [-0.2, -0.15) is 0 Å². The highest BCUT2D eigenvalue weighted by Gasteiger charge is 2.23. The fourth-order valence-electron chi connectivity index (χ4n) is 2.93. The molecule has 2 aromatic carbocycles. The van der Waals surface area contributed by atoms with Gasteiger partial charge >= 0.3 is 5.97 Å². The Labute approximate surface area is 166 Å². The van der Waals surface area contributed by atoms with E-state index < -0.39 is 23.8 Å². The van der Waals surface area contributed by atoms with Gasteiger partial charge in [-0.15, -0.1) is 0 Å². The number of aryl methyl sites for hydroxylation is 2. The number of nitrogens with one attached hydrogen (secondary N) is 1. The van der Waals surface area contributed by atoms with Crippen molar-refractivity contribution in [1.29, 1.82) is 0 Å². The van der Waals surface area contributed by atoms with Crippen molar-refractivity contribution in [2.75, 3.05) is 5.32 Å². The number of carbonyl (C=O) groups excluding carboxylic acids is 2. The Hall–Kier alpha value is -2.99. The molecule has 0 bridgehead atoms. The zero-order valence-corrected chi connectivity index (χ0v) is 16.3. The standard InChI is InChI=1S/C21H18ClFN2O3/c1-11-15-6-4-5-7-17(15)24-12(2)19(11)21(27)28-13(3)20(26)25-18-9-8-14(23)10-16(18)22/h4-10,13H,1-3H3,(H,25,26)/t13-/m1/s1. The van der Waals surface area contributed by atoms with Crippen molar-refractivity contribution in [2.24, 2.45) is 0 Å². The Balaban J connectivity index is 1.79. The van der Waals surface area contributed by atoms with Crippen molar-refractivity contribution < 1.29 is 18.7 Å². The van der Waals surface area contributed by atoms with Gasteiger partial charge in [-0.3, -0.25) is 9.78 Å². The van der Waals surface area contributed by atoms with E-state index in [0.717, 1.165) is 22.5 Å². The Morgan fingerprint density at radius 1 is 1.18 bits per heavy atom. The van der Waals surface area contributed by atoms with E-state index in [9.17, 15) is 14.0 Å². The molecule has 0 aliphatic heterocycles. The van der Waals surface area contributed by atoms with Crippen molar-refractivity contribution in [3.8, 4) is 0 Å². The summed E-state index contributed by atoms with van der Waals surface area (Å²) < 4.78 is 18.5. The second kappa shape index (κ2) is 7.94. The number of esters is 1. The first-order chi connectivity index (χ1) is 13.3. The Kier molecular flexibility index (Phi) is 5.61. The van der Waals surface area contributed by atoms with Gasteiger partial charge in [0.2, 0.25) is 0 Å². The molecule has 1 atom stereocenters. The predicted octanol–water partition coefficient (Wildman–Crippen LogP) is 4.83. The molecular formula is C21H18ClFN2O3. The van der Waals surface area contributed by atoms with Crippen molar-refractivity contribution in [1.82, 2.24) is 4.98 Å². The zero-order valence-electron chi connectivity index (χ0n) is 15.5. The molecule has 0 radical (unpaired) electrons. The molecule has 0 saturated heterocycles. The summed E-state index contributed by atoms with van der Waals surface area (Å²) in [7, 11) is 0.